The highest BCUT2D eigenvalue weighted by molar-refractivity contribution is 4.76. The van der Waals surface area contributed by atoms with E-state index < -0.39 is 0 Å². The van der Waals surface area contributed by atoms with Gasteiger partial charge >= 0.3 is 0 Å². The number of rotatable bonds is 1. The van der Waals surface area contributed by atoms with Gasteiger partial charge in [0, 0.05) is 11.3 Å². The van der Waals surface area contributed by atoms with E-state index >= 15 is 0 Å². The van der Waals surface area contributed by atoms with Gasteiger partial charge in [-0.15, -0.1) is 5.53 Å². The van der Waals surface area contributed by atoms with Crippen LogP contribution in [0.4, 0.5) is 0 Å². The van der Waals surface area contributed by atoms with Crippen molar-refractivity contribution in [1.29, 1.82) is 0 Å². The van der Waals surface area contributed by atoms with Crippen LogP contribution in [0.2, 0.25) is 0 Å². The van der Waals surface area contributed by atoms with Crippen LogP contribution in [0.1, 0.15) is 0 Å². The molecule has 0 atom stereocenters. The maximum atomic E-state index is 7.84. The van der Waals surface area contributed by atoms with Crippen LogP contribution < -0.4 is 0 Å². The number of nitrogens with zero attached hydrogens (tertiary/aromatic N) is 5. The zero-order chi connectivity index (χ0) is 5.82. The van der Waals surface area contributed by atoms with Crippen molar-refractivity contribution in [3.8, 4) is 0 Å². The Balaban J connectivity index is 2.93. The summed E-state index contributed by atoms with van der Waals surface area (Å²) < 4.78 is 0. The predicted octanol–water partition coefficient (Wildman–Crippen LogP) is 0.956. The molecule has 5 nitrogen and oxygen atoms in total. The van der Waals surface area contributed by atoms with Crippen molar-refractivity contribution in [3.63, 3.8) is 0 Å². The van der Waals surface area contributed by atoms with Crippen molar-refractivity contribution < 1.29 is 0 Å². The van der Waals surface area contributed by atoms with Gasteiger partial charge in [-0.05, 0) is 0 Å². The average Bonchev–Trinajstić information content (AvgIpc) is 2.19. The van der Waals surface area contributed by atoms with Gasteiger partial charge in [0.25, 0.3) is 0 Å². The molecule has 0 radical (unpaired) electrons. The molecule has 1 aromatic rings. The van der Waals surface area contributed by atoms with Gasteiger partial charge in [-0.3, -0.25) is 0 Å². The lowest BCUT2D eigenvalue weighted by Gasteiger charge is -1.73. The fraction of sp³-hybridized carbons (Fsp3) is 0. The van der Waals surface area contributed by atoms with Gasteiger partial charge in [-0.25, -0.2) is 0 Å². The lowest BCUT2D eigenvalue weighted by atomic mass is 10.8. The second kappa shape index (κ2) is 1.99. The molecule has 8 heavy (non-hydrogen) atoms. The molecular weight excluding hydrogens is 106 g/mol. The Hall–Kier alpha value is -1.48. The van der Waals surface area contributed by atoms with E-state index in [0.717, 1.165) is 4.79 Å². The van der Waals surface area contributed by atoms with E-state index in [0.29, 0.717) is 0 Å². The van der Waals surface area contributed by atoms with Crippen molar-refractivity contribution in [2.45, 2.75) is 0 Å². The normalized spacial score (nSPS) is 8.00. The standard InChI is InChI=1S/C3H3N5/c4-6-7-8-3-1-2-5-8/h1-3H. The molecule has 0 fully saturated rings. The molecule has 1 rings (SSSR count). The van der Waals surface area contributed by atoms with Crippen molar-refractivity contribution in [2.24, 2.45) is 5.22 Å². The summed E-state index contributed by atoms with van der Waals surface area (Å²) in [7, 11) is 0. The first-order chi connectivity index (χ1) is 3.93. The fourth-order valence-corrected chi connectivity index (χ4v) is 0.355. The molecule has 0 aliphatic heterocycles. The zero-order valence-corrected chi connectivity index (χ0v) is 3.97. The van der Waals surface area contributed by atoms with E-state index in [1.807, 2.05) is 0 Å². The third kappa shape index (κ3) is 0.772. The summed E-state index contributed by atoms with van der Waals surface area (Å²) in [5.41, 5.74) is 7.84. The first-order valence-electron chi connectivity index (χ1n) is 1.98. The zero-order valence-electron chi connectivity index (χ0n) is 3.97. The van der Waals surface area contributed by atoms with Crippen LogP contribution >= 0.6 is 0 Å². The third-order valence-electron chi connectivity index (χ3n) is 0.622. The molecule has 0 aliphatic rings. The first kappa shape index (κ1) is 4.67. The molecule has 0 bridgehead atoms. The Kier molecular flexibility index (Phi) is 1.16. The fourth-order valence-electron chi connectivity index (χ4n) is 0.355. The van der Waals surface area contributed by atoms with Crippen molar-refractivity contribution in [3.05, 3.63) is 28.9 Å². The van der Waals surface area contributed by atoms with Crippen LogP contribution in [0, 0.1) is 0 Å². The summed E-state index contributed by atoms with van der Waals surface area (Å²) in [4.78, 5) is 3.64. The monoisotopic (exact) mass is 109 g/mol. The van der Waals surface area contributed by atoms with Gasteiger partial charge in [0.15, 0.2) is 0 Å². The highest BCUT2D eigenvalue weighted by Gasteiger charge is 1.81. The Bertz CT molecular complexity index is 193. The van der Waals surface area contributed by atoms with Crippen LogP contribution in [0.3, 0.4) is 0 Å². The molecule has 0 saturated heterocycles. The quantitative estimate of drug-likeness (QED) is 0.301. The summed E-state index contributed by atoms with van der Waals surface area (Å²) in [6, 6.07) is 1.68. The minimum atomic E-state index is 1.14. The Labute approximate surface area is 45.1 Å². The van der Waals surface area contributed by atoms with Gasteiger partial charge in [0.05, 0.1) is 6.20 Å². The summed E-state index contributed by atoms with van der Waals surface area (Å²) in [5, 5.41) is 6.76. The maximum absolute atomic E-state index is 7.84. The van der Waals surface area contributed by atoms with E-state index in [2.05, 4.69) is 15.2 Å². The molecule has 40 valence electrons. The molecule has 0 unspecified atom stereocenters. The van der Waals surface area contributed by atoms with E-state index in [1.165, 1.54) is 6.20 Å². The van der Waals surface area contributed by atoms with Crippen LogP contribution in [-0.4, -0.2) is 9.89 Å². The Morgan fingerprint density at radius 1 is 1.75 bits per heavy atom. The average molecular weight is 109 g/mol. The number of azide groups is 1. The summed E-state index contributed by atoms with van der Waals surface area (Å²) >= 11 is 0. The first-order valence-corrected chi connectivity index (χ1v) is 1.98. The molecule has 0 saturated carbocycles. The molecule has 0 aromatic carbocycles. The predicted molar refractivity (Wildman–Crippen MR) is 26.8 cm³/mol. The molecule has 1 heterocycles. The molecular formula is C3H3N5. The molecule has 5 heteroatoms. The molecule has 0 spiro atoms. The van der Waals surface area contributed by atoms with E-state index in [1.54, 1.807) is 12.3 Å². The molecule has 0 aliphatic carbocycles. The van der Waals surface area contributed by atoms with Crippen molar-refractivity contribution >= 4 is 0 Å². The topological polar surface area (TPSA) is 66.6 Å². The molecule has 0 amide bonds. The highest BCUT2D eigenvalue weighted by atomic mass is 15.6. The smallest absolute Gasteiger partial charge is 0.126 e. The minimum absolute atomic E-state index is 1.14. The molecule has 0 N–H and O–H groups in total. The summed E-state index contributed by atoms with van der Waals surface area (Å²) in [6.45, 7) is 0. The van der Waals surface area contributed by atoms with Gasteiger partial charge < -0.3 is 0 Å². The van der Waals surface area contributed by atoms with Crippen molar-refractivity contribution in [1.82, 2.24) is 9.89 Å². The van der Waals surface area contributed by atoms with E-state index in [4.69, 9.17) is 5.53 Å². The number of hydrogen-bond acceptors (Lipinski definition) is 2. The van der Waals surface area contributed by atoms with Crippen LogP contribution in [0.5, 0.6) is 0 Å². The van der Waals surface area contributed by atoms with Gasteiger partial charge in [-0.2, -0.15) is 4.91 Å². The number of hydrogen-bond donors (Lipinski definition) is 0. The summed E-state index contributed by atoms with van der Waals surface area (Å²) in [6.07, 6.45) is 3.09. The summed E-state index contributed by atoms with van der Waals surface area (Å²) in [5.74, 6) is 0. The van der Waals surface area contributed by atoms with E-state index in [-0.39, 0.29) is 0 Å². The van der Waals surface area contributed by atoms with Gasteiger partial charge in [-0.1, -0.05) is 9.89 Å². The highest BCUT2D eigenvalue weighted by Crippen LogP contribution is 1.80. The second-order valence-corrected chi connectivity index (χ2v) is 1.11. The number of aromatic nitrogens is 2. The van der Waals surface area contributed by atoms with Crippen LogP contribution in [0.25, 0.3) is 10.4 Å². The minimum Gasteiger partial charge on any atom is -0.167 e. The Morgan fingerprint density at radius 3 is 3.12 bits per heavy atom. The van der Waals surface area contributed by atoms with Gasteiger partial charge in [0.2, 0.25) is 0 Å². The lowest BCUT2D eigenvalue weighted by Crippen LogP contribution is -1.82. The third-order valence-corrected chi connectivity index (χ3v) is 0.622. The largest absolute Gasteiger partial charge is 0.167 e. The van der Waals surface area contributed by atoms with E-state index in [9.17, 15) is 0 Å². The van der Waals surface area contributed by atoms with Crippen molar-refractivity contribution in [2.75, 3.05) is 0 Å². The van der Waals surface area contributed by atoms with Crippen LogP contribution in [-0.2, 0) is 0 Å². The lowest BCUT2D eigenvalue weighted by molar-refractivity contribution is 0.729. The Morgan fingerprint density at radius 2 is 2.62 bits per heavy atom. The molecule has 1 aromatic heterocycles. The maximum Gasteiger partial charge on any atom is 0.126 e. The SMILES string of the molecule is [N-]=[N+]=Nn1cccn1. The van der Waals surface area contributed by atoms with Crippen LogP contribution in [0.15, 0.2) is 23.7 Å². The van der Waals surface area contributed by atoms with Gasteiger partial charge in [0.1, 0.15) is 6.20 Å². The second-order valence-electron chi connectivity index (χ2n) is 1.11.